The van der Waals surface area contributed by atoms with Crippen molar-refractivity contribution in [1.82, 2.24) is 14.7 Å². The Morgan fingerprint density at radius 1 is 1.28 bits per heavy atom. The van der Waals surface area contributed by atoms with E-state index in [1.54, 1.807) is 0 Å². The lowest BCUT2D eigenvalue weighted by atomic mass is 10.1. The fraction of sp³-hybridized carbons (Fsp3) is 0.400. The maximum Gasteiger partial charge on any atom is 0.154 e. The molecule has 0 unspecified atom stereocenters. The average Bonchev–Trinajstić information content (AvgIpc) is 3.19. The minimum atomic E-state index is 0.309. The van der Waals surface area contributed by atoms with Gasteiger partial charge in [0.1, 0.15) is 12.4 Å². The maximum atomic E-state index is 11.4. The van der Waals surface area contributed by atoms with Crippen LogP contribution in [0, 0.1) is 6.92 Å². The zero-order valence-corrected chi connectivity index (χ0v) is 15.3. The van der Waals surface area contributed by atoms with Crippen molar-refractivity contribution in [3.8, 4) is 5.75 Å². The van der Waals surface area contributed by atoms with Gasteiger partial charge in [-0.1, -0.05) is 12.1 Å². The molecule has 5 heteroatoms. The van der Waals surface area contributed by atoms with E-state index < -0.39 is 0 Å². The van der Waals surface area contributed by atoms with Crippen LogP contribution >= 0.6 is 0 Å². The zero-order valence-electron chi connectivity index (χ0n) is 15.3. The van der Waals surface area contributed by atoms with Gasteiger partial charge in [0, 0.05) is 25.3 Å². The van der Waals surface area contributed by atoms with Gasteiger partial charge in [-0.2, -0.15) is 5.10 Å². The SMILES string of the molecule is Cc1cccc(OCC2=C(c3ccnn3C(C)C)CN(C)C2)c1C=O. The van der Waals surface area contributed by atoms with Gasteiger partial charge in [-0.25, -0.2) is 0 Å². The van der Waals surface area contributed by atoms with Crippen LogP contribution in [0.1, 0.15) is 41.5 Å². The van der Waals surface area contributed by atoms with Crippen molar-refractivity contribution in [2.45, 2.75) is 26.8 Å². The van der Waals surface area contributed by atoms with Crippen molar-refractivity contribution in [3.63, 3.8) is 0 Å². The second-order valence-electron chi connectivity index (χ2n) is 6.90. The molecule has 5 nitrogen and oxygen atoms in total. The van der Waals surface area contributed by atoms with Gasteiger partial charge in [-0.05, 0) is 56.7 Å². The lowest BCUT2D eigenvalue weighted by molar-refractivity contribution is 0.111. The van der Waals surface area contributed by atoms with Crippen LogP contribution in [0.15, 0.2) is 36.0 Å². The molecule has 3 rings (SSSR count). The van der Waals surface area contributed by atoms with Crippen LogP contribution in [-0.2, 0) is 0 Å². The second-order valence-corrected chi connectivity index (χ2v) is 6.90. The van der Waals surface area contributed by atoms with Crippen LogP contribution in [0.2, 0.25) is 0 Å². The summed E-state index contributed by atoms with van der Waals surface area (Å²) in [4.78, 5) is 13.6. The van der Waals surface area contributed by atoms with Gasteiger partial charge < -0.3 is 4.74 Å². The van der Waals surface area contributed by atoms with Gasteiger partial charge in [-0.15, -0.1) is 0 Å². The predicted octanol–water partition coefficient (Wildman–Crippen LogP) is 3.36. The predicted molar refractivity (Wildman–Crippen MR) is 99.1 cm³/mol. The summed E-state index contributed by atoms with van der Waals surface area (Å²) in [6, 6.07) is 8.07. The number of ether oxygens (including phenoxy) is 1. The first kappa shape index (κ1) is 17.4. The lowest BCUT2D eigenvalue weighted by Gasteiger charge is -2.14. The smallest absolute Gasteiger partial charge is 0.154 e. The Labute approximate surface area is 148 Å². The van der Waals surface area contributed by atoms with Crippen molar-refractivity contribution in [2.75, 3.05) is 26.7 Å². The molecule has 0 amide bonds. The molecule has 0 radical (unpaired) electrons. The first-order valence-electron chi connectivity index (χ1n) is 8.62. The van der Waals surface area contributed by atoms with Gasteiger partial charge in [0.25, 0.3) is 0 Å². The number of carbonyl (C=O) groups excluding carboxylic acids is 1. The van der Waals surface area contributed by atoms with Crippen LogP contribution < -0.4 is 4.74 Å². The summed E-state index contributed by atoms with van der Waals surface area (Å²) in [6.45, 7) is 8.41. The first-order chi connectivity index (χ1) is 12.0. The molecule has 0 bridgehead atoms. The highest BCUT2D eigenvalue weighted by atomic mass is 16.5. The minimum absolute atomic E-state index is 0.309. The van der Waals surface area contributed by atoms with E-state index in [9.17, 15) is 4.79 Å². The van der Waals surface area contributed by atoms with Crippen LogP contribution in [0.3, 0.4) is 0 Å². The normalized spacial score (nSPS) is 15.2. The van der Waals surface area contributed by atoms with E-state index in [-0.39, 0.29) is 0 Å². The summed E-state index contributed by atoms with van der Waals surface area (Å²) < 4.78 is 8.08. The average molecular weight is 339 g/mol. The van der Waals surface area contributed by atoms with Gasteiger partial charge in [-0.3, -0.25) is 14.4 Å². The minimum Gasteiger partial charge on any atom is -0.488 e. The third-order valence-electron chi connectivity index (χ3n) is 4.59. The van der Waals surface area contributed by atoms with E-state index in [4.69, 9.17) is 4.74 Å². The summed E-state index contributed by atoms with van der Waals surface area (Å²) in [5.41, 5.74) is 5.22. The molecule has 0 aliphatic carbocycles. The highest BCUT2D eigenvalue weighted by Crippen LogP contribution is 2.29. The maximum absolute atomic E-state index is 11.4. The third kappa shape index (κ3) is 3.51. The van der Waals surface area contributed by atoms with E-state index in [1.807, 2.05) is 31.3 Å². The Kier molecular flexibility index (Phi) is 5.04. The molecule has 1 aromatic carbocycles. The molecule has 1 aliphatic rings. The molecule has 0 spiro atoms. The second kappa shape index (κ2) is 7.23. The molecule has 1 aromatic heterocycles. The van der Waals surface area contributed by atoms with E-state index in [1.165, 1.54) is 11.1 Å². The topological polar surface area (TPSA) is 47.4 Å². The molecule has 2 heterocycles. The number of hydrogen-bond donors (Lipinski definition) is 0. The van der Waals surface area contributed by atoms with Crippen molar-refractivity contribution >= 4 is 11.9 Å². The van der Waals surface area contributed by atoms with Gasteiger partial charge >= 0.3 is 0 Å². The summed E-state index contributed by atoms with van der Waals surface area (Å²) >= 11 is 0. The van der Waals surface area contributed by atoms with Crippen molar-refractivity contribution in [3.05, 3.63) is 52.9 Å². The Morgan fingerprint density at radius 3 is 2.80 bits per heavy atom. The molecule has 0 saturated heterocycles. The number of nitrogens with zero attached hydrogens (tertiary/aromatic N) is 3. The van der Waals surface area contributed by atoms with Crippen LogP contribution in [0.25, 0.3) is 5.57 Å². The molecule has 0 fully saturated rings. The van der Waals surface area contributed by atoms with Crippen molar-refractivity contribution in [1.29, 1.82) is 0 Å². The Hall–Kier alpha value is -2.40. The zero-order chi connectivity index (χ0) is 18.0. The number of aromatic nitrogens is 2. The molecule has 25 heavy (non-hydrogen) atoms. The summed E-state index contributed by atoms with van der Waals surface area (Å²) in [6.07, 6.45) is 2.72. The largest absolute Gasteiger partial charge is 0.488 e. The summed E-state index contributed by atoms with van der Waals surface area (Å²) in [5, 5.41) is 4.45. The molecule has 0 saturated carbocycles. The quantitative estimate of drug-likeness (QED) is 0.757. The number of carbonyl (C=O) groups is 1. The summed E-state index contributed by atoms with van der Waals surface area (Å²) in [5.74, 6) is 0.647. The van der Waals surface area contributed by atoms with Crippen LogP contribution in [0.4, 0.5) is 0 Å². The van der Waals surface area contributed by atoms with Gasteiger partial charge in [0.05, 0.1) is 11.3 Å². The molecule has 1 aliphatic heterocycles. The highest BCUT2D eigenvalue weighted by molar-refractivity contribution is 5.81. The number of benzene rings is 1. The number of rotatable bonds is 6. The highest BCUT2D eigenvalue weighted by Gasteiger charge is 2.24. The Morgan fingerprint density at radius 2 is 2.08 bits per heavy atom. The number of likely N-dealkylation sites (N-methyl/N-ethyl adjacent to an activating group) is 1. The first-order valence-corrected chi connectivity index (χ1v) is 8.62. The molecule has 132 valence electrons. The number of aryl methyl sites for hydroxylation is 1. The van der Waals surface area contributed by atoms with Gasteiger partial charge in [0.2, 0.25) is 0 Å². The fourth-order valence-electron chi connectivity index (χ4n) is 3.31. The van der Waals surface area contributed by atoms with Crippen molar-refractivity contribution < 1.29 is 9.53 Å². The van der Waals surface area contributed by atoms with E-state index in [0.29, 0.717) is 24.0 Å². The van der Waals surface area contributed by atoms with Crippen LogP contribution in [0.5, 0.6) is 5.75 Å². The van der Waals surface area contributed by atoms with E-state index in [0.717, 1.165) is 30.6 Å². The monoisotopic (exact) mass is 339 g/mol. The Bertz CT molecular complexity index is 805. The van der Waals surface area contributed by atoms with E-state index in [2.05, 4.69) is 41.6 Å². The number of aldehydes is 1. The standard InChI is InChI=1S/C20H25N3O2/c1-14(2)23-19(8-9-21-23)17-11-22(4)10-16(17)13-25-20-7-5-6-15(3)18(20)12-24/h5-9,12,14H,10-11,13H2,1-4H3. The van der Waals surface area contributed by atoms with Crippen molar-refractivity contribution in [2.24, 2.45) is 0 Å². The summed E-state index contributed by atoms with van der Waals surface area (Å²) in [7, 11) is 2.10. The van der Waals surface area contributed by atoms with Gasteiger partial charge in [0.15, 0.2) is 6.29 Å². The van der Waals surface area contributed by atoms with E-state index >= 15 is 0 Å². The fourth-order valence-corrected chi connectivity index (χ4v) is 3.31. The molecule has 0 atom stereocenters. The molecule has 0 N–H and O–H groups in total. The Balaban J connectivity index is 1.88. The molecular formula is C20H25N3O2. The lowest BCUT2D eigenvalue weighted by Crippen LogP contribution is -2.16. The third-order valence-corrected chi connectivity index (χ3v) is 4.59. The van der Waals surface area contributed by atoms with Crippen LogP contribution in [-0.4, -0.2) is 47.7 Å². The molecular weight excluding hydrogens is 314 g/mol. The molecule has 2 aromatic rings. The number of hydrogen-bond acceptors (Lipinski definition) is 4.